The molecule has 1 aliphatic rings. The number of nitrogen functional groups attached to an aromatic ring is 1. The number of rotatable bonds is 5. The predicted molar refractivity (Wildman–Crippen MR) is 78.9 cm³/mol. The molecule has 102 valence electrons. The van der Waals surface area contributed by atoms with Crippen LogP contribution in [0.4, 0.5) is 5.69 Å². The van der Waals surface area contributed by atoms with Gasteiger partial charge in [-0.15, -0.1) is 6.42 Å². The summed E-state index contributed by atoms with van der Waals surface area (Å²) in [5, 5.41) is 0. The molecule has 0 aromatic heterocycles. The maximum absolute atomic E-state index is 12.6. The van der Waals surface area contributed by atoms with E-state index in [-0.39, 0.29) is 17.1 Å². The second-order valence-electron chi connectivity index (χ2n) is 4.63. The third-order valence-corrected chi connectivity index (χ3v) is 5.38. The Morgan fingerprint density at radius 3 is 2.74 bits per heavy atom. The van der Waals surface area contributed by atoms with Gasteiger partial charge >= 0.3 is 0 Å². The van der Waals surface area contributed by atoms with Gasteiger partial charge in [0, 0.05) is 11.0 Å². The number of sulfonamides is 1. The van der Waals surface area contributed by atoms with Crippen LogP contribution in [0.1, 0.15) is 12.8 Å². The van der Waals surface area contributed by atoms with Crippen molar-refractivity contribution in [2.24, 2.45) is 5.92 Å². The number of nitrogens with two attached hydrogens (primary N) is 1. The van der Waals surface area contributed by atoms with E-state index in [4.69, 9.17) is 12.2 Å². The predicted octanol–water partition coefficient (Wildman–Crippen LogP) is 2.07. The van der Waals surface area contributed by atoms with Gasteiger partial charge in [0.15, 0.2) is 0 Å². The van der Waals surface area contributed by atoms with E-state index >= 15 is 0 Å². The molecule has 19 heavy (non-hydrogen) atoms. The first-order valence-corrected chi connectivity index (χ1v) is 8.17. The van der Waals surface area contributed by atoms with Gasteiger partial charge in [-0.05, 0) is 37.0 Å². The van der Waals surface area contributed by atoms with Gasteiger partial charge in [-0.3, -0.25) is 0 Å². The molecule has 1 saturated carbocycles. The van der Waals surface area contributed by atoms with Crippen LogP contribution in [0.3, 0.4) is 0 Å². The zero-order chi connectivity index (χ0) is 14.0. The molecule has 1 aliphatic carbocycles. The highest BCUT2D eigenvalue weighted by molar-refractivity contribution is 9.10. The molecule has 4 nitrogen and oxygen atoms in total. The second kappa shape index (κ2) is 5.53. The fourth-order valence-corrected chi connectivity index (χ4v) is 3.89. The monoisotopic (exact) mass is 342 g/mol. The molecule has 0 aliphatic heterocycles. The number of halogens is 1. The molecule has 1 fully saturated rings. The molecule has 0 bridgehead atoms. The fourth-order valence-electron chi connectivity index (χ4n) is 1.81. The highest BCUT2D eigenvalue weighted by atomic mass is 79.9. The van der Waals surface area contributed by atoms with Gasteiger partial charge < -0.3 is 5.73 Å². The summed E-state index contributed by atoms with van der Waals surface area (Å²) in [6.07, 6.45) is 7.39. The summed E-state index contributed by atoms with van der Waals surface area (Å²) >= 11 is 3.26. The van der Waals surface area contributed by atoms with Gasteiger partial charge in [-0.25, -0.2) is 8.42 Å². The van der Waals surface area contributed by atoms with Gasteiger partial charge in [0.25, 0.3) is 0 Å². The van der Waals surface area contributed by atoms with Crippen LogP contribution in [-0.4, -0.2) is 25.8 Å². The van der Waals surface area contributed by atoms with E-state index in [1.54, 1.807) is 12.1 Å². The molecular weight excluding hydrogens is 328 g/mol. The Balaban J connectivity index is 2.37. The number of hydrogen-bond donors (Lipinski definition) is 1. The highest BCUT2D eigenvalue weighted by Crippen LogP contribution is 2.33. The Kier molecular flexibility index (Phi) is 4.19. The van der Waals surface area contributed by atoms with Crippen molar-refractivity contribution in [3.05, 3.63) is 22.7 Å². The van der Waals surface area contributed by atoms with Gasteiger partial charge in [0.1, 0.15) is 4.90 Å². The summed E-state index contributed by atoms with van der Waals surface area (Å²) < 4.78 is 27.2. The minimum Gasteiger partial charge on any atom is -0.398 e. The van der Waals surface area contributed by atoms with Crippen molar-refractivity contribution >= 4 is 31.6 Å². The molecule has 6 heteroatoms. The highest BCUT2D eigenvalue weighted by Gasteiger charge is 2.32. The van der Waals surface area contributed by atoms with Crippen LogP contribution in [0.5, 0.6) is 0 Å². The summed E-state index contributed by atoms with van der Waals surface area (Å²) in [6, 6.07) is 4.80. The number of hydrogen-bond acceptors (Lipinski definition) is 3. The summed E-state index contributed by atoms with van der Waals surface area (Å²) in [4.78, 5) is 0.109. The Labute approximate surface area is 122 Å². The maximum Gasteiger partial charge on any atom is 0.246 e. The lowest BCUT2D eigenvalue weighted by molar-refractivity contribution is 0.430. The van der Waals surface area contributed by atoms with Crippen LogP contribution < -0.4 is 5.73 Å². The average Bonchev–Trinajstić information content (AvgIpc) is 3.15. The second-order valence-corrected chi connectivity index (χ2v) is 7.45. The minimum atomic E-state index is -3.64. The Morgan fingerprint density at radius 1 is 1.47 bits per heavy atom. The SMILES string of the molecule is C#CCN(CC1CC1)S(=O)(=O)c1cc(Br)ccc1N. The molecule has 2 rings (SSSR count). The van der Waals surface area contributed by atoms with Crippen LogP contribution >= 0.6 is 15.9 Å². The quantitative estimate of drug-likeness (QED) is 0.658. The summed E-state index contributed by atoms with van der Waals surface area (Å²) in [7, 11) is -3.64. The largest absolute Gasteiger partial charge is 0.398 e. The van der Waals surface area contributed by atoms with Crippen molar-refractivity contribution in [3.8, 4) is 12.3 Å². The average molecular weight is 343 g/mol. The van der Waals surface area contributed by atoms with Crippen LogP contribution in [0.25, 0.3) is 0 Å². The molecule has 0 atom stereocenters. The van der Waals surface area contributed by atoms with Crippen LogP contribution in [-0.2, 0) is 10.0 Å². The van der Waals surface area contributed by atoms with E-state index in [1.165, 1.54) is 10.4 Å². The maximum atomic E-state index is 12.6. The minimum absolute atomic E-state index is 0.0742. The summed E-state index contributed by atoms with van der Waals surface area (Å²) in [6.45, 7) is 0.545. The van der Waals surface area contributed by atoms with Crippen LogP contribution in [0, 0.1) is 18.3 Å². The molecular formula is C13H15BrN2O2S. The van der Waals surface area contributed by atoms with Crippen LogP contribution in [0.2, 0.25) is 0 Å². The third kappa shape index (κ3) is 3.30. The first-order chi connectivity index (χ1) is 8.95. The standard InChI is InChI=1S/C13H15BrN2O2S/c1-2-7-16(9-10-3-4-10)19(17,18)13-8-11(14)5-6-12(13)15/h1,5-6,8,10H,3-4,7,9,15H2. The number of nitrogens with zero attached hydrogens (tertiary/aromatic N) is 1. The zero-order valence-electron chi connectivity index (χ0n) is 10.3. The van der Waals surface area contributed by atoms with Crippen LogP contribution in [0.15, 0.2) is 27.6 Å². The molecule has 0 spiro atoms. The lowest BCUT2D eigenvalue weighted by Crippen LogP contribution is -2.33. The first-order valence-electron chi connectivity index (χ1n) is 5.94. The molecule has 0 saturated heterocycles. The molecule has 1 aromatic carbocycles. The van der Waals surface area contributed by atoms with Crippen molar-refractivity contribution in [1.82, 2.24) is 4.31 Å². The molecule has 0 heterocycles. The van der Waals surface area contributed by atoms with E-state index in [9.17, 15) is 8.42 Å². The van der Waals surface area contributed by atoms with E-state index in [2.05, 4.69) is 21.9 Å². The normalized spacial score (nSPS) is 15.4. The molecule has 1 aromatic rings. The van der Waals surface area contributed by atoms with E-state index < -0.39 is 10.0 Å². The van der Waals surface area contributed by atoms with Crippen molar-refractivity contribution in [1.29, 1.82) is 0 Å². The van der Waals surface area contributed by atoms with E-state index in [1.807, 2.05) is 0 Å². The Bertz CT molecular complexity index is 618. The Morgan fingerprint density at radius 2 is 2.16 bits per heavy atom. The van der Waals surface area contributed by atoms with Gasteiger partial charge in [-0.2, -0.15) is 4.31 Å². The first kappa shape index (κ1) is 14.4. The summed E-state index contributed by atoms with van der Waals surface area (Å²) in [5.74, 6) is 2.83. The molecule has 0 amide bonds. The van der Waals surface area contributed by atoms with E-state index in [0.29, 0.717) is 16.9 Å². The van der Waals surface area contributed by atoms with Crippen molar-refractivity contribution in [2.75, 3.05) is 18.8 Å². The van der Waals surface area contributed by atoms with Gasteiger partial charge in [-0.1, -0.05) is 21.9 Å². The van der Waals surface area contributed by atoms with Crippen molar-refractivity contribution in [3.63, 3.8) is 0 Å². The van der Waals surface area contributed by atoms with E-state index in [0.717, 1.165) is 12.8 Å². The number of terminal acetylenes is 1. The third-order valence-electron chi connectivity index (χ3n) is 3.02. The number of anilines is 1. The molecule has 2 N–H and O–H groups in total. The summed E-state index contributed by atoms with van der Waals surface area (Å²) in [5.41, 5.74) is 6.01. The lowest BCUT2D eigenvalue weighted by Gasteiger charge is -2.20. The topological polar surface area (TPSA) is 63.4 Å². The van der Waals surface area contributed by atoms with Crippen molar-refractivity contribution in [2.45, 2.75) is 17.7 Å². The zero-order valence-corrected chi connectivity index (χ0v) is 12.7. The Hall–Kier alpha value is -1.03. The lowest BCUT2D eigenvalue weighted by atomic mass is 10.3. The number of benzene rings is 1. The molecule has 0 radical (unpaired) electrons. The molecule has 0 unspecified atom stereocenters. The van der Waals surface area contributed by atoms with Gasteiger partial charge in [0.2, 0.25) is 10.0 Å². The van der Waals surface area contributed by atoms with Gasteiger partial charge in [0.05, 0.1) is 12.2 Å². The van der Waals surface area contributed by atoms with Crippen molar-refractivity contribution < 1.29 is 8.42 Å². The smallest absolute Gasteiger partial charge is 0.246 e. The fraction of sp³-hybridized carbons (Fsp3) is 0.385.